The molecule has 12 heteroatoms. The third-order valence-corrected chi connectivity index (χ3v) is 6.83. The molecule has 0 aromatic heterocycles. The van der Waals surface area contributed by atoms with Gasteiger partial charge in [-0.15, -0.1) is 0 Å². The Bertz CT molecular complexity index is 611. The first-order chi connectivity index (χ1) is 12.2. The summed E-state index contributed by atoms with van der Waals surface area (Å²) in [5.74, 6) is -4.18. The number of nitrogens with zero attached hydrogens (tertiary/aromatic N) is 2. The van der Waals surface area contributed by atoms with Gasteiger partial charge in [-0.3, -0.25) is 38.6 Å². The van der Waals surface area contributed by atoms with Gasteiger partial charge in [0.25, 0.3) is 0 Å². The number of carbonyl (C=O) groups excluding carboxylic acids is 4. The van der Waals surface area contributed by atoms with E-state index in [9.17, 15) is 28.8 Å². The lowest BCUT2D eigenvalue weighted by Crippen LogP contribution is -2.33. The third kappa shape index (κ3) is 4.75. The topological polar surface area (TPSA) is 149 Å². The minimum atomic E-state index is -1.12. The van der Waals surface area contributed by atoms with Crippen LogP contribution in [0.5, 0.6) is 0 Å². The maximum absolute atomic E-state index is 12.2. The molecule has 0 spiro atoms. The van der Waals surface area contributed by atoms with Crippen molar-refractivity contribution in [3.8, 4) is 0 Å². The molecule has 2 aliphatic rings. The smallest absolute Gasteiger partial charge is 0.305 e. The van der Waals surface area contributed by atoms with Crippen LogP contribution in [0.3, 0.4) is 0 Å². The number of likely N-dealkylation sites (tertiary alicyclic amines) is 2. The van der Waals surface area contributed by atoms with Gasteiger partial charge in [-0.05, 0) is 0 Å². The molecule has 0 saturated carbocycles. The summed E-state index contributed by atoms with van der Waals surface area (Å²) in [5.41, 5.74) is 0. The number of carboxylic acids is 2. The molecule has 4 amide bonds. The second kappa shape index (κ2) is 8.54. The van der Waals surface area contributed by atoms with E-state index in [1.54, 1.807) is 0 Å². The summed E-state index contributed by atoms with van der Waals surface area (Å²) in [6, 6.07) is 0. The van der Waals surface area contributed by atoms with Gasteiger partial charge in [-0.2, -0.15) is 0 Å². The summed E-state index contributed by atoms with van der Waals surface area (Å²) in [6.45, 7) is -0.392. The van der Waals surface area contributed by atoms with Crippen LogP contribution in [0.2, 0.25) is 0 Å². The van der Waals surface area contributed by atoms with E-state index in [0.717, 1.165) is 31.4 Å². The first-order valence-electron chi connectivity index (χ1n) is 7.64. The van der Waals surface area contributed by atoms with Crippen LogP contribution in [0.1, 0.15) is 25.7 Å². The fraction of sp³-hybridized carbons (Fsp3) is 0.571. The standard InChI is InChI=1S/C14H16N2O8S2/c17-9-5-7(13(23)15(9)3-1-11(19)20)25-26-8-6-10(18)16(14(8)24)4-2-12(21)22/h7-8H,1-6H2,(H,19,20)(H,21,22). The lowest BCUT2D eigenvalue weighted by molar-refractivity contribution is -0.143. The average Bonchev–Trinajstić information content (AvgIpc) is 2.97. The highest BCUT2D eigenvalue weighted by Crippen LogP contribution is 2.40. The normalized spacial score (nSPS) is 23.2. The lowest BCUT2D eigenvalue weighted by Gasteiger charge is -2.15. The van der Waals surface area contributed by atoms with Gasteiger partial charge >= 0.3 is 11.9 Å². The van der Waals surface area contributed by atoms with Crippen molar-refractivity contribution >= 4 is 57.2 Å². The Morgan fingerprint density at radius 2 is 1.15 bits per heavy atom. The zero-order valence-electron chi connectivity index (χ0n) is 13.5. The second-order valence-corrected chi connectivity index (χ2v) is 8.31. The maximum Gasteiger partial charge on any atom is 0.305 e. The zero-order chi connectivity index (χ0) is 19.4. The molecule has 0 aliphatic carbocycles. The maximum atomic E-state index is 12.2. The van der Waals surface area contributed by atoms with Crippen molar-refractivity contribution in [3.63, 3.8) is 0 Å². The highest BCUT2D eigenvalue weighted by Gasteiger charge is 2.43. The molecule has 2 aliphatic heterocycles. The van der Waals surface area contributed by atoms with Crippen molar-refractivity contribution in [1.29, 1.82) is 0 Å². The van der Waals surface area contributed by atoms with Crippen molar-refractivity contribution in [2.24, 2.45) is 0 Å². The van der Waals surface area contributed by atoms with Gasteiger partial charge in [-0.25, -0.2) is 0 Å². The molecule has 10 nitrogen and oxygen atoms in total. The SMILES string of the molecule is O=C(O)CCN1C(=O)CC(SSC2CC(=O)N(CCC(=O)O)C2=O)C1=O. The van der Waals surface area contributed by atoms with Gasteiger partial charge in [0.2, 0.25) is 23.6 Å². The van der Waals surface area contributed by atoms with Gasteiger partial charge in [0.05, 0.1) is 12.8 Å². The minimum Gasteiger partial charge on any atom is -0.481 e. The number of aliphatic carboxylic acids is 2. The van der Waals surface area contributed by atoms with E-state index < -0.39 is 46.1 Å². The largest absolute Gasteiger partial charge is 0.481 e. The quantitative estimate of drug-likeness (QED) is 0.383. The summed E-state index contributed by atoms with van der Waals surface area (Å²) in [4.78, 5) is 70.9. The molecule has 0 aromatic carbocycles. The third-order valence-electron chi connectivity index (χ3n) is 3.79. The Morgan fingerprint density at radius 3 is 1.46 bits per heavy atom. The summed E-state index contributed by atoms with van der Waals surface area (Å²) in [6.07, 6.45) is -0.853. The summed E-state index contributed by atoms with van der Waals surface area (Å²) >= 11 is 0. The van der Waals surface area contributed by atoms with Crippen molar-refractivity contribution in [2.75, 3.05) is 13.1 Å². The molecule has 2 N–H and O–H groups in total. The fourth-order valence-corrected chi connectivity index (χ4v) is 5.29. The molecule has 2 rings (SSSR count). The van der Waals surface area contributed by atoms with E-state index in [4.69, 9.17) is 10.2 Å². The Balaban J connectivity index is 1.87. The summed E-state index contributed by atoms with van der Waals surface area (Å²) in [5, 5.41) is 15.8. The molecule has 0 radical (unpaired) electrons. The van der Waals surface area contributed by atoms with Crippen LogP contribution in [0.4, 0.5) is 0 Å². The molecule has 2 unspecified atom stereocenters. The highest BCUT2D eigenvalue weighted by molar-refractivity contribution is 8.77. The number of carbonyl (C=O) groups is 6. The number of rotatable bonds is 9. The lowest BCUT2D eigenvalue weighted by atomic mass is 10.4. The second-order valence-electron chi connectivity index (χ2n) is 5.63. The van der Waals surface area contributed by atoms with Gasteiger partial charge in [0, 0.05) is 25.9 Å². The Kier molecular flexibility index (Phi) is 6.64. The van der Waals surface area contributed by atoms with E-state index in [2.05, 4.69) is 0 Å². The predicted octanol–water partition coefficient (Wildman–Crippen LogP) is -0.428. The molecule has 2 fully saturated rings. The average molecular weight is 404 g/mol. The number of amides is 4. The fourth-order valence-electron chi connectivity index (χ4n) is 2.47. The molecule has 142 valence electrons. The molecule has 0 aromatic rings. The van der Waals surface area contributed by atoms with Crippen LogP contribution in [0, 0.1) is 0 Å². The predicted molar refractivity (Wildman–Crippen MR) is 89.9 cm³/mol. The van der Waals surface area contributed by atoms with Gasteiger partial charge in [0.1, 0.15) is 10.5 Å². The van der Waals surface area contributed by atoms with Crippen molar-refractivity contribution in [3.05, 3.63) is 0 Å². The molecule has 2 saturated heterocycles. The van der Waals surface area contributed by atoms with Gasteiger partial charge in [-0.1, -0.05) is 21.6 Å². The number of imide groups is 2. The number of hydrogen-bond acceptors (Lipinski definition) is 8. The Hall–Kier alpha value is -2.08. The van der Waals surface area contributed by atoms with E-state index in [1.165, 1.54) is 0 Å². The summed E-state index contributed by atoms with van der Waals surface area (Å²) in [7, 11) is 2.01. The molecule has 2 heterocycles. The van der Waals surface area contributed by atoms with E-state index in [1.807, 2.05) is 0 Å². The van der Waals surface area contributed by atoms with Crippen molar-refractivity contribution in [2.45, 2.75) is 36.2 Å². The molecule has 0 bridgehead atoms. The summed E-state index contributed by atoms with van der Waals surface area (Å²) < 4.78 is 0. The monoisotopic (exact) mass is 404 g/mol. The van der Waals surface area contributed by atoms with Crippen LogP contribution < -0.4 is 0 Å². The molecular weight excluding hydrogens is 388 g/mol. The first-order valence-corrected chi connectivity index (χ1v) is 9.92. The number of carboxylic acid groups (broad SMARTS) is 2. The van der Waals surface area contributed by atoms with E-state index in [-0.39, 0.29) is 38.8 Å². The van der Waals surface area contributed by atoms with Gasteiger partial charge in [0.15, 0.2) is 0 Å². The van der Waals surface area contributed by atoms with Crippen LogP contribution >= 0.6 is 21.6 Å². The molecule has 2 atom stereocenters. The Morgan fingerprint density at radius 1 is 0.808 bits per heavy atom. The van der Waals surface area contributed by atoms with E-state index >= 15 is 0 Å². The van der Waals surface area contributed by atoms with Crippen LogP contribution in [-0.4, -0.2) is 79.2 Å². The van der Waals surface area contributed by atoms with Crippen LogP contribution in [0.25, 0.3) is 0 Å². The van der Waals surface area contributed by atoms with Crippen molar-refractivity contribution < 1.29 is 39.0 Å². The van der Waals surface area contributed by atoms with Crippen LogP contribution in [-0.2, 0) is 28.8 Å². The Labute approximate surface area is 155 Å². The van der Waals surface area contributed by atoms with Gasteiger partial charge < -0.3 is 10.2 Å². The molecular formula is C14H16N2O8S2. The minimum absolute atomic E-state index is 0.0896. The zero-order valence-corrected chi connectivity index (χ0v) is 15.1. The number of hydrogen-bond donors (Lipinski definition) is 2. The highest BCUT2D eigenvalue weighted by atomic mass is 33.1. The van der Waals surface area contributed by atoms with Crippen molar-refractivity contribution in [1.82, 2.24) is 9.80 Å². The first kappa shape index (κ1) is 20.2. The molecule has 26 heavy (non-hydrogen) atoms. The van der Waals surface area contributed by atoms with Crippen LogP contribution in [0.15, 0.2) is 0 Å². The van der Waals surface area contributed by atoms with E-state index in [0.29, 0.717) is 0 Å².